The average molecular weight is 527 g/mol. The molecule has 0 saturated carbocycles. The molecule has 1 atom stereocenters. The molecule has 2 aromatic rings. The Labute approximate surface area is 212 Å². The van der Waals surface area contributed by atoms with Crippen LogP contribution in [-0.2, 0) is 25.5 Å². The molecule has 1 aliphatic rings. The van der Waals surface area contributed by atoms with Gasteiger partial charge in [-0.1, -0.05) is 36.2 Å². The third-order valence-corrected chi connectivity index (χ3v) is 6.28. The zero-order chi connectivity index (χ0) is 25.5. The topological polar surface area (TPSA) is 75.7 Å². The van der Waals surface area contributed by atoms with Gasteiger partial charge in [0.2, 0.25) is 11.8 Å². The van der Waals surface area contributed by atoms with E-state index < -0.39 is 11.6 Å². The smallest absolute Gasteiger partial charge is 0.305 e. The minimum atomic E-state index is -0.641. The van der Waals surface area contributed by atoms with Crippen LogP contribution in [0.3, 0.4) is 0 Å². The third-order valence-electron chi connectivity index (χ3n) is 5.70. The fourth-order valence-corrected chi connectivity index (χ4v) is 4.63. The number of nitrogens with zero attached hydrogens (tertiary/aromatic N) is 1. The molecule has 35 heavy (non-hydrogen) atoms. The lowest BCUT2D eigenvalue weighted by Gasteiger charge is -2.34. The van der Waals surface area contributed by atoms with Crippen molar-refractivity contribution in [3.63, 3.8) is 0 Å². The summed E-state index contributed by atoms with van der Waals surface area (Å²) in [6.07, 6.45) is 1.92. The van der Waals surface area contributed by atoms with Crippen LogP contribution < -0.4 is 10.2 Å². The highest BCUT2D eigenvalue weighted by Gasteiger charge is 2.30. The molecule has 188 valence electrons. The van der Waals surface area contributed by atoms with E-state index in [0.29, 0.717) is 36.2 Å². The summed E-state index contributed by atoms with van der Waals surface area (Å²) in [5, 5.41) is 3.07. The van der Waals surface area contributed by atoms with E-state index >= 15 is 0 Å². The summed E-state index contributed by atoms with van der Waals surface area (Å²) in [5.41, 5.74) is 1.08. The monoisotopic (exact) mass is 526 g/mol. The number of esters is 1. The normalized spacial score (nSPS) is 15.7. The molecule has 6 nitrogen and oxygen atoms in total. The van der Waals surface area contributed by atoms with Gasteiger partial charge in [-0.2, -0.15) is 0 Å². The van der Waals surface area contributed by atoms with E-state index in [-0.39, 0.29) is 66.2 Å². The number of amides is 2. The Morgan fingerprint density at radius 1 is 1.17 bits per heavy atom. The van der Waals surface area contributed by atoms with Crippen LogP contribution in [0.5, 0.6) is 0 Å². The molecule has 1 fully saturated rings. The van der Waals surface area contributed by atoms with Crippen molar-refractivity contribution in [2.75, 3.05) is 23.4 Å². The molecule has 0 spiro atoms. The second kappa shape index (κ2) is 12.3. The van der Waals surface area contributed by atoms with Crippen molar-refractivity contribution in [3.05, 3.63) is 57.6 Å². The Kier molecular flexibility index (Phi) is 9.46. The summed E-state index contributed by atoms with van der Waals surface area (Å²) in [6, 6.07) is 6.49. The lowest BCUT2D eigenvalue weighted by molar-refractivity contribution is -0.143. The number of carbonyl (C=O) groups excluding carboxylic acids is 3. The number of carbonyl (C=O) groups is 3. The van der Waals surface area contributed by atoms with E-state index in [1.807, 2.05) is 0 Å². The van der Waals surface area contributed by atoms with Crippen molar-refractivity contribution in [2.24, 2.45) is 5.92 Å². The van der Waals surface area contributed by atoms with Crippen LogP contribution in [0.4, 0.5) is 20.2 Å². The number of benzene rings is 2. The number of rotatable bonds is 9. The predicted molar refractivity (Wildman–Crippen MR) is 131 cm³/mol. The summed E-state index contributed by atoms with van der Waals surface area (Å²) in [7, 11) is 0. The molecule has 0 aromatic heterocycles. The summed E-state index contributed by atoms with van der Waals surface area (Å²) >= 11 is 12.9. The van der Waals surface area contributed by atoms with Gasteiger partial charge in [0.25, 0.3) is 0 Å². The number of ether oxygens (including phenoxy) is 1. The fourth-order valence-electron chi connectivity index (χ4n) is 3.93. The highest BCUT2D eigenvalue weighted by atomic mass is 35.5. The maximum Gasteiger partial charge on any atom is 0.305 e. The molecule has 1 aliphatic heterocycles. The Bertz CT molecular complexity index is 1090. The van der Waals surface area contributed by atoms with E-state index in [4.69, 9.17) is 27.9 Å². The number of halogens is 4. The van der Waals surface area contributed by atoms with E-state index in [2.05, 4.69) is 5.32 Å². The minimum absolute atomic E-state index is 0.0685. The lowest BCUT2D eigenvalue weighted by Crippen LogP contribution is -2.41. The third kappa shape index (κ3) is 7.39. The van der Waals surface area contributed by atoms with Crippen LogP contribution in [0.15, 0.2) is 30.3 Å². The largest absolute Gasteiger partial charge is 0.466 e. The van der Waals surface area contributed by atoms with E-state index in [1.165, 1.54) is 29.2 Å². The quantitative estimate of drug-likeness (QED) is 0.324. The molecule has 0 aliphatic carbocycles. The Balaban J connectivity index is 1.65. The number of piperidine rings is 1. The number of anilines is 2. The first-order valence-electron chi connectivity index (χ1n) is 11.4. The van der Waals surface area contributed by atoms with Gasteiger partial charge in [0, 0.05) is 37.6 Å². The fraction of sp³-hybridized carbons (Fsp3) is 0.400. The zero-order valence-corrected chi connectivity index (χ0v) is 20.7. The molecule has 1 heterocycles. The second-order valence-corrected chi connectivity index (χ2v) is 9.18. The molecule has 3 rings (SSSR count). The zero-order valence-electron chi connectivity index (χ0n) is 19.2. The van der Waals surface area contributed by atoms with Crippen LogP contribution >= 0.6 is 23.2 Å². The Morgan fingerprint density at radius 3 is 2.54 bits per heavy atom. The van der Waals surface area contributed by atoms with Gasteiger partial charge in [0.05, 0.1) is 22.3 Å². The maximum absolute atomic E-state index is 14.1. The Morgan fingerprint density at radius 2 is 1.89 bits per heavy atom. The second-order valence-electron chi connectivity index (χ2n) is 8.36. The average Bonchev–Trinajstić information content (AvgIpc) is 2.80. The van der Waals surface area contributed by atoms with Gasteiger partial charge in [0.15, 0.2) is 0 Å². The lowest BCUT2D eigenvalue weighted by atomic mass is 9.90. The van der Waals surface area contributed by atoms with Crippen molar-refractivity contribution >= 4 is 52.4 Å². The molecule has 10 heteroatoms. The molecule has 1 N–H and O–H groups in total. The van der Waals surface area contributed by atoms with Crippen molar-refractivity contribution in [2.45, 2.75) is 45.4 Å². The molecule has 0 radical (unpaired) electrons. The highest BCUT2D eigenvalue weighted by molar-refractivity contribution is 6.40. The number of nitrogens with one attached hydrogen (secondary N) is 1. The SMILES string of the molecule is CCC(=O)OCCCC(=O)Nc1cc(Cl)c(N2CC(Cc3ccc(F)cc3F)CCC2=O)c(Cl)c1. The highest BCUT2D eigenvalue weighted by Crippen LogP contribution is 2.39. The summed E-state index contributed by atoms with van der Waals surface area (Å²) in [6.45, 7) is 2.12. The molecular formula is C25H26Cl2F2N2O4. The standard InChI is InChI=1S/C25H26Cl2F2N2O4/c1-2-24(34)35-9-3-4-22(32)30-18-12-19(26)25(20(27)13-18)31-14-15(5-8-23(31)33)10-16-6-7-17(28)11-21(16)29/h6-7,11-13,15H,2-5,8-10,14H2,1H3,(H,30,32). The number of hydrogen-bond acceptors (Lipinski definition) is 4. The van der Waals surface area contributed by atoms with Crippen LogP contribution in [0.2, 0.25) is 10.0 Å². The maximum atomic E-state index is 14.1. The van der Waals surface area contributed by atoms with Gasteiger partial charge in [0.1, 0.15) is 11.6 Å². The summed E-state index contributed by atoms with van der Waals surface area (Å²) < 4.78 is 32.3. The van der Waals surface area contributed by atoms with Crippen LogP contribution in [-0.4, -0.2) is 30.9 Å². The first kappa shape index (κ1) is 26.9. The van der Waals surface area contributed by atoms with Gasteiger partial charge in [-0.25, -0.2) is 8.78 Å². The van der Waals surface area contributed by atoms with Gasteiger partial charge < -0.3 is 15.0 Å². The van der Waals surface area contributed by atoms with Gasteiger partial charge in [-0.15, -0.1) is 0 Å². The van der Waals surface area contributed by atoms with Crippen molar-refractivity contribution in [3.8, 4) is 0 Å². The van der Waals surface area contributed by atoms with Crippen LogP contribution in [0.25, 0.3) is 0 Å². The van der Waals surface area contributed by atoms with Gasteiger partial charge in [-0.3, -0.25) is 14.4 Å². The van der Waals surface area contributed by atoms with Crippen LogP contribution in [0, 0.1) is 17.6 Å². The van der Waals surface area contributed by atoms with E-state index in [1.54, 1.807) is 6.92 Å². The van der Waals surface area contributed by atoms with Crippen molar-refractivity contribution in [1.82, 2.24) is 0 Å². The first-order valence-corrected chi connectivity index (χ1v) is 12.1. The predicted octanol–water partition coefficient (Wildman–Crippen LogP) is 5.93. The summed E-state index contributed by atoms with van der Waals surface area (Å²) in [5.74, 6) is -2.11. The van der Waals surface area contributed by atoms with Crippen LogP contribution in [0.1, 0.15) is 44.6 Å². The molecule has 1 unspecified atom stereocenters. The van der Waals surface area contributed by atoms with Gasteiger partial charge in [-0.05, 0) is 48.9 Å². The molecular weight excluding hydrogens is 501 g/mol. The number of hydrogen-bond donors (Lipinski definition) is 1. The molecule has 2 aromatic carbocycles. The van der Waals surface area contributed by atoms with E-state index in [0.717, 1.165) is 6.07 Å². The Hall–Kier alpha value is -2.71. The van der Waals surface area contributed by atoms with E-state index in [9.17, 15) is 23.2 Å². The molecule has 2 amide bonds. The minimum Gasteiger partial charge on any atom is -0.466 e. The summed E-state index contributed by atoms with van der Waals surface area (Å²) in [4.78, 5) is 37.5. The first-order chi connectivity index (χ1) is 16.7. The molecule has 0 bridgehead atoms. The van der Waals surface area contributed by atoms with Crippen molar-refractivity contribution in [1.29, 1.82) is 0 Å². The van der Waals surface area contributed by atoms with Gasteiger partial charge >= 0.3 is 5.97 Å². The van der Waals surface area contributed by atoms with Crippen molar-refractivity contribution < 1.29 is 27.9 Å². The molecule has 1 saturated heterocycles.